The van der Waals surface area contributed by atoms with Gasteiger partial charge in [-0.25, -0.2) is 4.79 Å². The Morgan fingerprint density at radius 3 is 1.62 bits per heavy atom. The molecule has 300 valence electrons. The fourth-order valence-corrected chi connectivity index (χ4v) is 6.72. The molecule has 0 aromatic heterocycles. The zero-order valence-electron chi connectivity index (χ0n) is 33.6. The summed E-state index contributed by atoms with van der Waals surface area (Å²) in [7, 11) is 0. The van der Waals surface area contributed by atoms with E-state index in [2.05, 4.69) is 72.9 Å². The molecule has 56 heavy (non-hydrogen) atoms. The molecule has 0 spiro atoms. The number of allylic oxidation sites excluding steroid dienone is 1. The number of rotatable bonds is 21. The highest BCUT2D eigenvalue weighted by molar-refractivity contribution is 5.68. The summed E-state index contributed by atoms with van der Waals surface area (Å²) >= 11 is 0. The van der Waals surface area contributed by atoms with Crippen LogP contribution in [0.4, 0.5) is 4.79 Å². The number of ether oxygens (including phenoxy) is 6. The van der Waals surface area contributed by atoms with Gasteiger partial charge in [-0.05, 0) is 62.3 Å². The quantitative estimate of drug-likeness (QED) is 0.0668. The molecular weight excluding hydrogens is 703 g/mol. The van der Waals surface area contributed by atoms with E-state index in [-0.39, 0.29) is 12.6 Å². The van der Waals surface area contributed by atoms with E-state index in [4.69, 9.17) is 28.4 Å². The van der Waals surface area contributed by atoms with Crippen molar-refractivity contribution in [1.82, 2.24) is 5.32 Å². The Bertz CT molecular complexity index is 1680. The SMILES string of the molecule is CCCC/C=C\[C@H](CC[C@@H]1OC(COCc2ccccc2)[C@H](OCc2ccccc2)C(OCc2ccccc2)C1OCc1ccccc1)NC(=O)OC(C)(C)C. The molecule has 3 unspecified atom stereocenters. The van der Waals surface area contributed by atoms with Gasteiger partial charge < -0.3 is 33.7 Å². The molecule has 1 saturated heterocycles. The average Bonchev–Trinajstić information content (AvgIpc) is 3.20. The molecule has 6 atom stereocenters. The first kappa shape index (κ1) is 42.8. The number of hydrogen-bond donors (Lipinski definition) is 1. The second-order valence-electron chi connectivity index (χ2n) is 15.4. The molecule has 4 aromatic carbocycles. The summed E-state index contributed by atoms with van der Waals surface area (Å²) in [6, 6.07) is 40.3. The van der Waals surface area contributed by atoms with Crippen molar-refractivity contribution in [1.29, 1.82) is 0 Å². The Morgan fingerprint density at radius 1 is 0.679 bits per heavy atom. The third-order valence-corrected chi connectivity index (χ3v) is 9.54. The van der Waals surface area contributed by atoms with Crippen LogP contribution >= 0.6 is 0 Å². The molecule has 0 aliphatic carbocycles. The van der Waals surface area contributed by atoms with Gasteiger partial charge in [0.2, 0.25) is 0 Å². The van der Waals surface area contributed by atoms with Crippen molar-refractivity contribution in [2.75, 3.05) is 6.61 Å². The standard InChI is InChI=1S/C48H61NO7/c1-5-6-7-20-29-41(49-47(50)56-48(2,3)4)30-31-42-44(52-33-38-23-14-9-15-24-38)46(54-35-40-27-18-11-19-28-40)45(53-34-39-25-16-10-17-26-39)43(55-42)36-51-32-37-21-12-8-13-22-37/h8-29,41-46H,5-7,30-36H2,1-4H3,(H,49,50)/b29-20-/t41-,42+,43?,44?,45+,46?/m1/s1. The first-order chi connectivity index (χ1) is 27.3. The minimum absolute atomic E-state index is 0.274. The van der Waals surface area contributed by atoms with Crippen molar-refractivity contribution in [3.05, 3.63) is 156 Å². The molecule has 0 radical (unpaired) electrons. The van der Waals surface area contributed by atoms with Gasteiger partial charge in [0.15, 0.2) is 0 Å². The van der Waals surface area contributed by atoms with Gasteiger partial charge in [0.25, 0.3) is 0 Å². The zero-order chi connectivity index (χ0) is 39.4. The van der Waals surface area contributed by atoms with E-state index in [0.29, 0.717) is 39.3 Å². The average molecular weight is 764 g/mol. The van der Waals surface area contributed by atoms with E-state index in [1.54, 1.807) is 0 Å². The van der Waals surface area contributed by atoms with E-state index < -0.39 is 42.2 Å². The molecule has 4 aromatic rings. The number of carbonyl (C=O) groups is 1. The third kappa shape index (κ3) is 15.0. The number of alkyl carbamates (subject to hydrolysis) is 1. The Hall–Kier alpha value is -4.31. The first-order valence-corrected chi connectivity index (χ1v) is 20.2. The van der Waals surface area contributed by atoms with E-state index in [1.165, 1.54) is 0 Å². The van der Waals surface area contributed by atoms with Crippen LogP contribution < -0.4 is 5.32 Å². The lowest BCUT2D eigenvalue weighted by molar-refractivity contribution is -0.273. The van der Waals surface area contributed by atoms with Crippen LogP contribution in [0.15, 0.2) is 133 Å². The molecule has 8 nitrogen and oxygen atoms in total. The summed E-state index contributed by atoms with van der Waals surface area (Å²) in [6.07, 6.45) is 5.64. The molecule has 0 bridgehead atoms. The smallest absolute Gasteiger partial charge is 0.408 e. The van der Waals surface area contributed by atoms with Crippen LogP contribution in [0.1, 0.15) is 82.1 Å². The zero-order valence-corrected chi connectivity index (χ0v) is 33.6. The predicted molar refractivity (Wildman–Crippen MR) is 221 cm³/mol. The third-order valence-electron chi connectivity index (χ3n) is 9.54. The largest absolute Gasteiger partial charge is 0.444 e. The van der Waals surface area contributed by atoms with Gasteiger partial charge in [0, 0.05) is 0 Å². The number of nitrogens with one attached hydrogen (secondary N) is 1. The fourth-order valence-electron chi connectivity index (χ4n) is 6.72. The van der Waals surface area contributed by atoms with Crippen molar-refractivity contribution in [3.63, 3.8) is 0 Å². The minimum atomic E-state index is -0.617. The maximum atomic E-state index is 13.0. The molecule has 0 saturated carbocycles. The molecule has 1 heterocycles. The Kier molecular flexibility index (Phi) is 17.6. The van der Waals surface area contributed by atoms with Gasteiger partial charge in [-0.15, -0.1) is 0 Å². The molecule has 8 heteroatoms. The molecule has 1 amide bonds. The van der Waals surface area contributed by atoms with Crippen LogP contribution in [-0.4, -0.2) is 54.9 Å². The highest BCUT2D eigenvalue weighted by atomic mass is 16.6. The van der Waals surface area contributed by atoms with E-state index >= 15 is 0 Å². The summed E-state index contributed by atoms with van der Waals surface area (Å²) in [5.41, 5.74) is 3.61. The molecule has 1 aliphatic heterocycles. The minimum Gasteiger partial charge on any atom is -0.444 e. The number of benzene rings is 4. The summed E-state index contributed by atoms with van der Waals surface area (Å²) in [4.78, 5) is 13.0. The lowest BCUT2D eigenvalue weighted by atomic mass is 9.90. The van der Waals surface area contributed by atoms with Crippen molar-refractivity contribution in [2.45, 2.75) is 128 Å². The number of hydrogen-bond acceptors (Lipinski definition) is 7. The Morgan fingerprint density at radius 2 is 1.14 bits per heavy atom. The van der Waals surface area contributed by atoms with Gasteiger partial charge in [-0.2, -0.15) is 0 Å². The maximum Gasteiger partial charge on any atom is 0.408 e. The van der Waals surface area contributed by atoms with Crippen molar-refractivity contribution < 1.29 is 33.2 Å². The highest BCUT2D eigenvalue weighted by Crippen LogP contribution is 2.33. The number of unbranched alkanes of at least 4 members (excludes halogenated alkanes) is 2. The molecule has 1 N–H and O–H groups in total. The fraction of sp³-hybridized carbons (Fsp3) is 0.438. The van der Waals surface area contributed by atoms with Crippen molar-refractivity contribution >= 4 is 6.09 Å². The maximum absolute atomic E-state index is 13.0. The number of carbonyl (C=O) groups excluding carboxylic acids is 1. The molecule has 1 aliphatic rings. The topological polar surface area (TPSA) is 84.5 Å². The first-order valence-electron chi connectivity index (χ1n) is 20.2. The normalized spacial score (nSPS) is 20.5. The summed E-state index contributed by atoms with van der Waals surface area (Å²) in [5.74, 6) is 0. The van der Waals surface area contributed by atoms with Gasteiger partial charge >= 0.3 is 6.09 Å². The second kappa shape index (κ2) is 23.0. The van der Waals surface area contributed by atoms with Gasteiger partial charge in [-0.1, -0.05) is 153 Å². The summed E-state index contributed by atoms with van der Waals surface area (Å²) < 4.78 is 39.7. The predicted octanol–water partition coefficient (Wildman–Crippen LogP) is 10.1. The molecule has 1 fully saturated rings. The number of amides is 1. The monoisotopic (exact) mass is 763 g/mol. The van der Waals surface area contributed by atoms with Crippen molar-refractivity contribution in [2.24, 2.45) is 0 Å². The van der Waals surface area contributed by atoms with Crippen LogP contribution in [-0.2, 0) is 54.8 Å². The second-order valence-corrected chi connectivity index (χ2v) is 15.4. The Labute approximate surface area is 334 Å². The van der Waals surface area contributed by atoms with Gasteiger partial charge in [0.05, 0.1) is 45.2 Å². The van der Waals surface area contributed by atoms with E-state index in [0.717, 1.165) is 41.5 Å². The van der Waals surface area contributed by atoms with Crippen molar-refractivity contribution in [3.8, 4) is 0 Å². The van der Waals surface area contributed by atoms with Crippen LogP contribution in [0, 0.1) is 0 Å². The van der Waals surface area contributed by atoms with Crippen LogP contribution in [0.3, 0.4) is 0 Å². The van der Waals surface area contributed by atoms with Crippen LogP contribution in [0.25, 0.3) is 0 Å². The van der Waals surface area contributed by atoms with Crippen LogP contribution in [0.2, 0.25) is 0 Å². The Balaban J connectivity index is 1.46. The van der Waals surface area contributed by atoms with Crippen LogP contribution in [0.5, 0.6) is 0 Å². The molecular formula is C48H61NO7. The molecule has 5 rings (SSSR count). The van der Waals surface area contributed by atoms with Gasteiger partial charge in [0.1, 0.15) is 30.0 Å². The van der Waals surface area contributed by atoms with Gasteiger partial charge in [-0.3, -0.25) is 0 Å². The van der Waals surface area contributed by atoms with E-state index in [1.807, 2.05) is 93.6 Å². The lowest BCUT2D eigenvalue weighted by Gasteiger charge is -2.46. The lowest BCUT2D eigenvalue weighted by Crippen LogP contribution is -2.61. The summed E-state index contributed by atoms with van der Waals surface area (Å²) in [6.45, 7) is 9.62. The summed E-state index contributed by atoms with van der Waals surface area (Å²) in [5, 5.41) is 3.11. The highest BCUT2D eigenvalue weighted by Gasteiger charge is 2.48. The van der Waals surface area contributed by atoms with E-state index in [9.17, 15) is 4.79 Å².